The van der Waals surface area contributed by atoms with Gasteiger partial charge in [-0.2, -0.15) is 0 Å². The van der Waals surface area contributed by atoms with Crippen LogP contribution in [0.3, 0.4) is 0 Å². The predicted molar refractivity (Wildman–Crippen MR) is 126 cm³/mol. The summed E-state index contributed by atoms with van der Waals surface area (Å²) in [5, 5.41) is 6.57. The maximum Gasteiger partial charge on any atom is 0.250 e. The summed E-state index contributed by atoms with van der Waals surface area (Å²) in [6, 6.07) is 13.7. The molecule has 2 fully saturated rings. The lowest BCUT2D eigenvalue weighted by atomic mass is 9.75. The minimum absolute atomic E-state index is 0.151. The Morgan fingerprint density at radius 1 is 1.03 bits per heavy atom. The van der Waals surface area contributed by atoms with E-state index in [-0.39, 0.29) is 23.8 Å². The highest BCUT2D eigenvalue weighted by molar-refractivity contribution is 6.15. The lowest BCUT2D eigenvalue weighted by Gasteiger charge is -2.30. The van der Waals surface area contributed by atoms with Crippen molar-refractivity contribution in [3.05, 3.63) is 64.7 Å². The molecule has 2 saturated heterocycles. The van der Waals surface area contributed by atoms with Gasteiger partial charge in [-0.25, -0.2) is 0 Å². The molecule has 2 aromatic rings. The first-order valence-corrected chi connectivity index (χ1v) is 11.8. The van der Waals surface area contributed by atoms with Gasteiger partial charge >= 0.3 is 0 Å². The highest BCUT2D eigenvalue weighted by Gasteiger charge is 2.70. The fourth-order valence-electron chi connectivity index (χ4n) is 6.13. The van der Waals surface area contributed by atoms with E-state index in [1.165, 1.54) is 4.90 Å². The van der Waals surface area contributed by atoms with E-state index in [2.05, 4.69) is 24.5 Å². The highest BCUT2D eigenvalue weighted by atomic mass is 16.2. The predicted octanol–water partition coefficient (Wildman–Crippen LogP) is 3.31. The summed E-state index contributed by atoms with van der Waals surface area (Å²) in [7, 11) is 0. The van der Waals surface area contributed by atoms with Crippen LogP contribution in [0.5, 0.6) is 0 Å². The normalized spacial score (nSPS) is 28.1. The molecule has 6 heteroatoms. The molecule has 5 rings (SSSR count). The van der Waals surface area contributed by atoms with Crippen LogP contribution in [-0.4, -0.2) is 35.2 Å². The second-order valence-corrected chi connectivity index (χ2v) is 10.2. The van der Waals surface area contributed by atoms with E-state index in [9.17, 15) is 14.4 Å². The number of carbonyl (C=O) groups is 3. The van der Waals surface area contributed by atoms with Gasteiger partial charge in [0.2, 0.25) is 17.7 Å². The molecule has 2 aromatic carbocycles. The first kappa shape index (κ1) is 21.8. The summed E-state index contributed by atoms with van der Waals surface area (Å²) in [5.41, 5.74) is 3.45. The Morgan fingerprint density at radius 3 is 2.45 bits per heavy atom. The van der Waals surface area contributed by atoms with Crippen LogP contribution < -0.4 is 10.6 Å². The van der Waals surface area contributed by atoms with Crippen molar-refractivity contribution in [2.45, 2.75) is 52.1 Å². The number of fused-ring (bicyclic) bond motifs is 4. The average Bonchev–Trinajstić information content (AvgIpc) is 3.33. The molecule has 6 nitrogen and oxygen atoms in total. The first-order valence-electron chi connectivity index (χ1n) is 11.8. The Hall–Kier alpha value is -2.99. The first-order chi connectivity index (χ1) is 15.7. The van der Waals surface area contributed by atoms with E-state index >= 15 is 0 Å². The number of hydrogen-bond acceptors (Lipinski definition) is 4. The van der Waals surface area contributed by atoms with Crippen LogP contribution in [0.2, 0.25) is 0 Å². The number of aryl methyl sites for hydroxylation is 2. The number of anilines is 1. The third kappa shape index (κ3) is 3.22. The van der Waals surface area contributed by atoms with Crippen molar-refractivity contribution >= 4 is 23.4 Å². The van der Waals surface area contributed by atoms with Gasteiger partial charge in [-0.15, -0.1) is 0 Å². The van der Waals surface area contributed by atoms with Gasteiger partial charge in [0.1, 0.15) is 5.54 Å². The van der Waals surface area contributed by atoms with Crippen molar-refractivity contribution in [1.82, 2.24) is 10.2 Å². The van der Waals surface area contributed by atoms with Gasteiger partial charge < -0.3 is 5.32 Å². The molecular formula is C27H31N3O3. The van der Waals surface area contributed by atoms with Gasteiger partial charge in [0.15, 0.2) is 0 Å². The second-order valence-electron chi connectivity index (χ2n) is 10.2. The van der Waals surface area contributed by atoms with Crippen LogP contribution >= 0.6 is 0 Å². The molecule has 3 aliphatic rings. The molecule has 2 N–H and O–H groups in total. The van der Waals surface area contributed by atoms with E-state index in [4.69, 9.17) is 0 Å². The largest absolute Gasteiger partial charge is 0.324 e. The molecule has 172 valence electrons. The fraction of sp³-hybridized carbons (Fsp3) is 0.444. The van der Waals surface area contributed by atoms with Crippen LogP contribution in [-0.2, 0) is 26.3 Å². The number of nitrogens with zero attached hydrogens (tertiary/aromatic N) is 1. The minimum atomic E-state index is -1.20. The standard InChI is InChI=1S/C27H31N3O3/c1-15(2)12-20-21-22(25(32)30(24(21)31)11-10-18-8-6-5-7-9-18)27(29-20)19-14-16(3)13-17(4)23(19)28-26(27)33/h5-9,13-15,20-22,29H,10-12H2,1-4H3,(H,28,33). The molecule has 3 aliphatic heterocycles. The number of nitrogens with one attached hydrogen (secondary N) is 2. The molecule has 3 heterocycles. The lowest BCUT2D eigenvalue weighted by Crippen LogP contribution is -2.53. The van der Waals surface area contributed by atoms with Crippen LogP contribution in [0.1, 0.15) is 42.5 Å². The van der Waals surface area contributed by atoms with E-state index in [1.54, 1.807) is 0 Å². The molecule has 0 radical (unpaired) electrons. The van der Waals surface area contributed by atoms with Crippen molar-refractivity contribution < 1.29 is 14.4 Å². The van der Waals surface area contributed by atoms with Crippen LogP contribution in [0.25, 0.3) is 0 Å². The monoisotopic (exact) mass is 445 g/mol. The zero-order valence-corrected chi connectivity index (χ0v) is 19.6. The van der Waals surface area contributed by atoms with E-state index in [0.29, 0.717) is 18.9 Å². The van der Waals surface area contributed by atoms with E-state index in [1.807, 2.05) is 56.3 Å². The SMILES string of the molecule is Cc1cc(C)c2c(c1)C1(NC(CC(C)C)C3C(=O)N(CCc4ccccc4)C(=O)C31)C(=O)N2. The second kappa shape index (κ2) is 7.80. The topological polar surface area (TPSA) is 78.5 Å². The Labute approximate surface area is 194 Å². The smallest absolute Gasteiger partial charge is 0.250 e. The molecule has 0 aliphatic carbocycles. The van der Waals surface area contributed by atoms with Crippen molar-refractivity contribution in [2.24, 2.45) is 17.8 Å². The molecule has 0 bridgehead atoms. The van der Waals surface area contributed by atoms with Crippen molar-refractivity contribution in [3.63, 3.8) is 0 Å². The molecule has 1 spiro atoms. The molecule has 0 aromatic heterocycles. The van der Waals surface area contributed by atoms with Gasteiger partial charge in [0.25, 0.3) is 0 Å². The number of rotatable bonds is 5. The molecule has 0 saturated carbocycles. The summed E-state index contributed by atoms with van der Waals surface area (Å²) in [6.45, 7) is 8.51. The summed E-state index contributed by atoms with van der Waals surface area (Å²) in [6.07, 6.45) is 1.33. The van der Waals surface area contributed by atoms with Crippen molar-refractivity contribution in [2.75, 3.05) is 11.9 Å². The van der Waals surface area contributed by atoms with Gasteiger partial charge in [0.05, 0.1) is 11.8 Å². The average molecular weight is 446 g/mol. The Balaban J connectivity index is 1.57. The number of likely N-dealkylation sites (tertiary alicyclic amines) is 1. The Kier molecular flexibility index (Phi) is 5.16. The zero-order chi connectivity index (χ0) is 23.5. The van der Waals surface area contributed by atoms with Crippen LogP contribution in [0.4, 0.5) is 5.69 Å². The summed E-state index contributed by atoms with van der Waals surface area (Å²) < 4.78 is 0. The zero-order valence-electron chi connectivity index (χ0n) is 19.6. The van der Waals surface area contributed by atoms with Gasteiger partial charge in [-0.3, -0.25) is 24.6 Å². The quantitative estimate of drug-likeness (QED) is 0.692. The Morgan fingerprint density at radius 2 is 1.76 bits per heavy atom. The number of imide groups is 1. The Bertz CT molecular complexity index is 1140. The molecule has 3 amide bonds. The summed E-state index contributed by atoms with van der Waals surface area (Å²) >= 11 is 0. The summed E-state index contributed by atoms with van der Waals surface area (Å²) in [5.74, 6) is -1.55. The third-order valence-corrected chi connectivity index (χ3v) is 7.45. The molecule has 33 heavy (non-hydrogen) atoms. The maximum absolute atomic E-state index is 13.8. The molecule has 4 atom stereocenters. The third-order valence-electron chi connectivity index (χ3n) is 7.45. The molecule has 4 unspecified atom stereocenters. The number of carbonyl (C=O) groups excluding carboxylic acids is 3. The fourth-order valence-corrected chi connectivity index (χ4v) is 6.13. The van der Waals surface area contributed by atoms with Crippen molar-refractivity contribution in [3.8, 4) is 0 Å². The van der Waals surface area contributed by atoms with Crippen LogP contribution in [0, 0.1) is 31.6 Å². The van der Waals surface area contributed by atoms with E-state index < -0.39 is 17.4 Å². The van der Waals surface area contributed by atoms with Gasteiger partial charge in [0, 0.05) is 23.8 Å². The van der Waals surface area contributed by atoms with Gasteiger partial charge in [-0.1, -0.05) is 61.9 Å². The summed E-state index contributed by atoms with van der Waals surface area (Å²) in [4.78, 5) is 42.4. The van der Waals surface area contributed by atoms with Crippen LogP contribution in [0.15, 0.2) is 42.5 Å². The van der Waals surface area contributed by atoms with E-state index in [0.717, 1.165) is 34.4 Å². The highest BCUT2D eigenvalue weighted by Crippen LogP contribution is 2.54. The minimum Gasteiger partial charge on any atom is -0.324 e. The number of amides is 3. The molecular weight excluding hydrogens is 414 g/mol. The maximum atomic E-state index is 13.8. The van der Waals surface area contributed by atoms with Gasteiger partial charge in [-0.05, 0) is 43.7 Å². The number of hydrogen-bond donors (Lipinski definition) is 2. The lowest BCUT2D eigenvalue weighted by molar-refractivity contribution is -0.142. The number of benzene rings is 2. The van der Waals surface area contributed by atoms with Crippen molar-refractivity contribution in [1.29, 1.82) is 0 Å².